The molecule has 0 aliphatic rings. The Labute approximate surface area is 109 Å². The van der Waals surface area contributed by atoms with Gasteiger partial charge in [0.15, 0.2) is 5.78 Å². The van der Waals surface area contributed by atoms with E-state index in [1.54, 1.807) is 13.8 Å². The third-order valence-electron chi connectivity index (χ3n) is 2.62. The lowest BCUT2D eigenvalue weighted by molar-refractivity contribution is -0.120. The molecule has 1 aromatic carbocycles. The maximum absolute atomic E-state index is 13.1. The molecule has 2 nitrogen and oxygen atoms in total. The quantitative estimate of drug-likeness (QED) is 0.616. The van der Waals surface area contributed by atoms with Crippen LogP contribution in [0.2, 0.25) is 0 Å². The van der Waals surface area contributed by atoms with E-state index in [9.17, 15) is 22.4 Å². The van der Waals surface area contributed by atoms with Crippen molar-refractivity contribution in [1.82, 2.24) is 0 Å². The molecule has 0 aliphatic heterocycles. The molecule has 0 atom stereocenters. The van der Waals surface area contributed by atoms with E-state index in [-0.39, 0.29) is 11.3 Å². The molecule has 0 aliphatic carbocycles. The van der Waals surface area contributed by atoms with Crippen LogP contribution in [0.15, 0.2) is 18.2 Å². The third-order valence-corrected chi connectivity index (χ3v) is 2.62. The van der Waals surface area contributed by atoms with Gasteiger partial charge in [0.25, 0.3) is 0 Å². The second-order valence-corrected chi connectivity index (χ2v) is 4.55. The summed E-state index contributed by atoms with van der Waals surface area (Å²) in [6, 6.07) is 2.75. The molecule has 0 bridgehead atoms. The van der Waals surface area contributed by atoms with Crippen molar-refractivity contribution in [3.8, 4) is 0 Å². The summed E-state index contributed by atoms with van der Waals surface area (Å²) in [7, 11) is 0. The van der Waals surface area contributed by atoms with Crippen LogP contribution in [0.5, 0.6) is 0 Å². The molecule has 0 spiro atoms. The highest BCUT2D eigenvalue weighted by Crippen LogP contribution is 2.28. The van der Waals surface area contributed by atoms with Crippen molar-refractivity contribution in [3.63, 3.8) is 0 Å². The van der Waals surface area contributed by atoms with Crippen LogP contribution in [0.25, 0.3) is 0 Å². The van der Waals surface area contributed by atoms with E-state index in [2.05, 4.69) is 0 Å². The molecule has 0 radical (unpaired) electrons. The smallest absolute Gasteiger partial charge is 0.359 e. The number of carbonyl (C=O) groups excluding carboxylic acids is 1. The minimum Gasteiger partial charge on any atom is -0.359 e. The zero-order valence-electron chi connectivity index (χ0n) is 10.9. The fourth-order valence-electron chi connectivity index (χ4n) is 1.78. The molecule has 106 valence electrons. The Kier molecular flexibility index (Phi) is 4.55. The maximum atomic E-state index is 13.1. The highest BCUT2D eigenvalue weighted by molar-refractivity contribution is 5.99. The van der Waals surface area contributed by atoms with Crippen LogP contribution in [0.4, 0.5) is 23.2 Å². The normalized spacial score (nSPS) is 11.8. The maximum Gasteiger partial charge on any atom is 0.405 e. The van der Waals surface area contributed by atoms with Crippen LogP contribution >= 0.6 is 0 Å². The lowest BCUT2D eigenvalue weighted by Crippen LogP contribution is -2.40. The Balaban J connectivity index is 3.27. The molecule has 0 saturated carbocycles. The summed E-state index contributed by atoms with van der Waals surface area (Å²) >= 11 is 0. The minimum absolute atomic E-state index is 0.0436. The van der Waals surface area contributed by atoms with Crippen LogP contribution in [-0.2, 0) is 0 Å². The summed E-state index contributed by atoms with van der Waals surface area (Å²) < 4.78 is 50.8. The van der Waals surface area contributed by atoms with Gasteiger partial charge >= 0.3 is 6.18 Å². The van der Waals surface area contributed by atoms with Gasteiger partial charge in [0, 0.05) is 17.3 Å². The fraction of sp³-hybridized carbons (Fsp3) is 0.462. The van der Waals surface area contributed by atoms with Crippen molar-refractivity contribution < 1.29 is 22.4 Å². The van der Waals surface area contributed by atoms with Crippen LogP contribution in [-0.4, -0.2) is 24.5 Å². The molecule has 0 saturated heterocycles. The molecule has 0 heterocycles. The number of anilines is 1. The van der Waals surface area contributed by atoms with E-state index in [1.165, 1.54) is 13.0 Å². The van der Waals surface area contributed by atoms with Gasteiger partial charge in [-0.2, -0.15) is 13.2 Å². The zero-order valence-corrected chi connectivity index (χ0v) is 10.9. The largest absolute Gasteiger partial charge is 0.405 e. The molecule has 0 fully saturated rings. The second-order valence-electron chi connectivity index (χ2n) is 4.55. The second kappa shape index (κ2) is 5.59. The summed E-state index contributed by atoms with van der Waals surface area (Å²) in [6.07, 6.45) is -4.40. The molecule has 0 amide bonds. The highest BCUT2D eigenvalue weighted by Gasteiger charge is 2.33. The fourth-order valence-corrected chi connectivity index (χ4v) is 1.78. The number of halogens is 4. The van der Waals surface area contributed by atoms with Crippen LogP contribution in [0, 0.1) is 5.82 Å². The van der Waals surface area contributed by atoms with Gasteiger partial charge in [-0.05, 0) is 39.0 Å². The van der Waals surface area contributed by atoms with Crippen molar-refractivity contribution in [2.24, 2.45) is 0 Å². The van der Waals surface area contributed by atoms with Crippen LogP contribution in [0.3, 0.4) is 0 Å². The average molecular weight is 277 g/mol. The third kappa shape index (κ3) is 4.22. The molecular formula is C13H15F4NO. The molecule has 0 N–H and O–H groups in total. The zero-order chi connectivity index (χ0) is 14.8. The van der Waals surface area contributed by atoms with Crippen molar-refractivity contribution in [3.05, 3.63) is 29.6 Å². The predicted octanol–water partition coefficient (Wildman–Crippen LogP) is 3.81. The summed E-state index contributed by atoms with van der Waals surface area (Å²) in [6.45, 7) is 3.18. The summed E-state index contributed by atoms with van der Waals surface area (Å²) in [4.78, 5) is 12.5. The summed E-state index contributed by atoms with van der Waals surface area (Å²) in [5.41, 5.74) is 0.0548. The Morgan fingerprint density at radius 2 is 1.89 bits per heavy atom. The average Bonchev–Trinajstić information content (AvgIpc) is 2.24. The van der Waals surface area contributed by atoms with E-state index in [0.717, 1.165) is 17.0 Å². The van der Waals surface area contributed by atoms with Crippen LogP contribution < -0.4 is 4.90 Å². The number of Topliss-reactive ketones (excluding diaryl/α,β-unsaturated/α-hetero) is 1. The monoisotopic (exact) mass is 277 g/mol. The number of hydrogen-bond donors (Lipinski definition) is 0. The first-order valence-corrected chi connectivity index (χ1v) is 5.75. The number of ketones is 1. The van der Waals surface area contributed by atoms with Gasteiger partial charge in [0.1, 0.15) is 12.4 Å². The van der Waals surface area contributed by atoms with E-state index in [4.69, 9.17) is 0 Å². The molecular weight excluding hydrogens is 262 g/mol. The van der Waals surface area contributed by atoms with Crippen molar-refractivity contribution >= 4 is 11.5 Å². The lowest BCUT2D eigenvalue weighted by atomic mass is 10.1. The standard InChI is InChI=1S/C13H15F4NO/c1-8(2)18(7-13(15,16)17)12-5-4-10(14)6-11(12)9(3)19/h4-6,8H,7H2,1-3H3. The molecule has 1 aromatic rings. The van der Waals surface area contributed by atoms with Gasteiger partial charge in [-0.25, -0.2) is 4.39 Å². The van der Waals surface area contributed by atoms with Crippen molar-refractivity contribution in [1.29, 1.82) is 0 Å². The first kappa shape index (κ1) is 15.5. The number of nitrogens with zero attached hydrogens (tertiary/aromatic N) is 1. The molecule has 0 aromatic heterocycles. The van der Waals surface area contributed by atoms with Crippen LogP contribution in [0.1, 0.15) is 31.1 Å². The molecule has 6 heteroatoms. The Morgan fingerprint density at radius 3 is 2.32 bits per heavy atom. The number of benzene rings is 1. The number of alkyl halides is 3. The van der Waals surface area contributed by atoms with Gasteiger partial charge in [0.05, 0.1) is 0 Å². The van der Waals surface area contributed by atoms with E-state index in [0.29, 0.717) is 0 Å². The first-order valence-electron chi connectivity index (χ1n) is 5.75. The van der Waals surface area contributed by atoms with Gasteiger partial charge in [-0.3, -0.25) is 4.79 Å². The minimum atomic E-state index is -4.40. The van der Waals surface area contributed by atoms with Gasteiger partial charge in [0.2, 0.25) is 0 Å². The molecule has 1 rings (SSSR count). The molecule has 0 unspecified atom stereocenters. The highest BCUT2D eigenvalue weighted by atomic mass is 19.4. The van der Waals surface area contributed by atoms with Crippen molar-refractivity contribution in [2.75, 3.05) is 11.4 Å². The predicted molar refractivity (Wildman–Crippen MR) is 64.9 cm³/mol. The van der Waals surface area contributed by atoms with Crippen molar-refractivity contribution in [2.45, 2.75) is 33.0 Å². The van der Waals surface area contributed by atoms with E-state index in [1.807, 2.05) is 0 Å². The molecule has 19 heavy (non-hydrogen) atoms. The van der Waals surface area contributed by atoms with E-state index < -0.39 is 30.4 Å². The van der Waals surface area contributed by atoms with Gasteiger partial charge in [-0.15, -0.1) is 0 Å². The first-order chi connectivity index (χ1) is 8.61. The summed E-state index contributed by atoms with van der Waals surface area (Å²) in [5, 5.41) is 0. The summed E-state index contributed by atoms with van der Waals surface area (Å²) in [5.74, 6) is -1.12. The Bertz CT molecular complexity index is 468. The SMILES string of the molecule is CC(=O)c1cc(F)ccc1N(CC(F)(F)F)C(C)C. The van der Waals surface area contributed by atoms with Gasteiger partial charge in [-0.1, -0.05) is 0 Å². The van der Waals surface area contributed by atoms with E-state index >= 15 is 0 Å². The Morgan fingerprint density at radius 1 is 1.32 bits per heavy atom. The topological polar surface area (TPSA) is 20.3 Å². The van der Waals surface area contributed by atoms with Gasteiger partial charge < -0.3 is 4.90 Å². The number of hydrogen-bond acceptors (Lipinski definition) is 2. The number of rotatable bonds is 4. The lowest BCUT2D eigenvalue weighted by Gasteiger charge is -2.31. The number of carbonyl (C=O) groups is 1. The Hall–Kier alpha value is -1.59.